The van der Waals surface area contributed by atoms with Gasteiger partial charge in [0.1, 0.15) is 10.8 Å². The van der Waals surface area contributed by atoms with Crippen molar-refractivity contribution in [3.05, 3.63) is 45.9 Å². The Hall–Kier alpha value is -1.88. The van der Waals surface area contributed by atoms with Crippen LogP contribution in [0.2, 0.25) is 0 Å². The van der Waals surface area contributed by atoms with Crippen molar-refractivity contribution >= 4 is 47.2 Å². The van der Waals surface area contributed by atoms with Crippen LogP contribution in [0.3, 0.4) is 0 Å². The third-order valence-corrected chi connectivity index (χ3v) is 4.83. The highest BCUT2D eigenvalue weighted by Gasteiger charge is 2.06. The van der Waals surface area contributed by atoms with Gasteiger partial charge in [0.05, 0.1) is 13.7 Å². The molecule has 0 aliphatic rings. The molecule has 0 spiro atoms. The highest BCUT2D eigenvalue weighted by atomic mass is 127. The molecule has 0 radical (unpaired) electrons. The fourth-order valence-electron chi connectivity index (χ4n) is 2.30. The molecular formula is C19H28IN5O2S. The van der Waals surface area contributed by atoms with Crippen LogP contribution in [-0.2, 0) is 13.0 Å². The molecule has 0 aliphatic heterocycles. The van der Waals surface area contributed by atoms with Crippen molar-refractivity contribution in [1.29, 1.82) is 0 Å². The van der Waals surface area contributed by atoms with Gasteiger partial charge in [-0.05, 0) is 31.5 Å². The van der Waals surface area contributed by atoms with Gasteiger partial charge in [-0.2, -0.15) is 0 Å². The van der Waals surface area contributed by atoms with Crippen LogP contribution >= 0.6 is 35.3 Å². The zero-order valence-corrected chi connectivity index (χ0v) is 19.6. The molecule has 0 aliphatic carbocycles. The van der Waals surface area contributed by atoms with E-state index in [0.29, 0.717) is 36.9 Å². The second-order valence-electron chi connectivity index (χ2n) is 5.68. The van der Waals surface area contributed by atoms with Crippen molar-refractivity contribution in [1.82, 2.24) is 20.9 Å². The Morgan fingerprint density at radius 2 is 2.00 bits per heavy atom. The number of aryl methyl sites for hydroxylation is 1. The Morgan fingerprint density at radius 1 is 1.21 bits per heavy atom. The third-order valence-electron chi connectivity index (χ3n) is 3.70. The van der Waals surface area contributed by atoms with Crippen molar-refractivity contribution in [2.24, 2.45) is 4.99 Å². The Kier molecular flexibility index (Phi) is 11.5. The molecule has 0 saturated carbocycles. The van der Waals surface area contributed by atoms with Crippen LogP contribution in [0, 0.1) is 0 Å². The van der Waals surface area contributed by atoms with Crippen molar-refractivity contribution in [3.8, 4) is 5.75 Å². The molecule has 154 valence electrons. The minimum atomic E-state index is -0.132. The average molecular weight is 517 g/mol. The number of nitrogens with zero attached hydrogens (tertiary/aromatic N) is 2. The summed E-state index contributed by atoms with van der Waals surface area (Å²) in [5.74, 6) is 1.24. The molecule has 0 bridgehead atoms. The van der Waals surface area contributed by atoms with E-state index in [1.807, 2.05) is 19.2 Å². The fourth-order valence-corrected chi connectivity index (χ4v) is 3.08. The lowest BCUT2D eigenvalue weighted by Gasteiger charge is -2.12. The minimum absolute atomic E-state index is 0. The molecule has 3 N–H and O–H groups in total. The summed E-state index contributed by atoms with van der Waals surface area (Å²) in [6.45, 7) is 6.49. The standard InChI is InChI=1S/C19H27N5O2S.HI/c1-4-16-12-23-17(27-16)13-24-19(20-5-2)22-10-9-21-18(25)14-7-6-8-15(11-14)26-3;/h6-8,11-12H,4-5,9-10,13H2,1-3H3,(H,21,25)(H2,20,22,24);1H. The normalized spacial score (nSPS) is 10.8. The lowest BCUT2D eigenvalue weighted by Crippen LogP contribution is -2.41. The Bertz CT molecular complexity index is 766. The Labute approximate surface area is 187 Å². The van der Waals surface area contributed by atoms with Gasteiger partial charge in [0, 0.05) is 36.3 Å². The number of hydrogen-bond acceptors (Lipinski definition) is 5. The van der Waals surface area contributed by atoms with E-state index in [-0.39, 0.29) is 29.9 Å². The van der Waals surface area contributed by atoms with E-state index in [4.69, 9.17) is 4.74 Å². The highest BCUT2D eigenvalue weighted by molar-refractivity contribution is 14.0. The van der Waals surface area contributed by atoms with Gasteiger partial charge in [-0.25, -0.2) is 9.98 Å². The second kappa shape index (κ2) is 13.3. The molecule has 0 fully saturated rings. The van der Waals surface area contributed by atoms with E-state index in [0.717, 1.165) is 18.0 Å². The zero-order chi connectivity index (χ0) is 19.5. The first-order chi connectivity index (χ1) is 13.2. The van der Waals surface area contributed by atoms with Gasteiger partial charge in [-0.1, -0.05) is 13.0 Å². The molecule has 9 heteroatoms. The third kappa shape index (κ3) is 8.01. The van der Waals surface area contributed by atoms with Gasteiger partial charge in [-0.15, -0.1) is 35.3 Å². The van der Waals surface area contributed by atoms with Crippen molar-refractivity contribution in [2.75, 3.05) is 26.7 Å². The number of aliphatic imine (C=N–C) groups is 1. The number of benzene rings is 1. The largest absolute Gasteiger partial charge is 0.497 e. The topological polar surface area (TPSA) is 87.6 Å². The van der Waals surface area contributed by atoms with E-state index >= 15 is 0 Å². The van der Waals surface area contributed by atoms with E-state index in [9.17, 15) is 4.79 Å². The summed E-state index contributed by atoms with van der Waals surface area (Å²) in [5, 5.41) is 10.3. The zero-order valence-electron chi connectivity index (χ0n) is 16.4. The molecule has 1 aromatic carbocycles. The molecular weight excluding hydrogens is 489 g/mol. The lowest BCUT2D eigenvalue weighted by molar-refractivity contribution is 0.0954. The number of nitrogens with one attached hydrogen (secondary N) is 3. The number of amides is 1. The maximum Gasteiger partial charge on any atom is 0.251 e. The Balaban J connectivity index is 0.00000392. The number of hydrogen-bond donors (Lipinski definition) is 3. The predicted octanol–water partition coefficient (Wildman–Crippen LogP) is 2.82. The molecule has 1 heterocycles. The molecule has 0 unspecified atom stereocenters. The number of thiazole rings is 1. The summed E-state index contributed by atoms with van der Waals surface area (Å²) in [5.41, 5.74) is 0.574. The molecule has 7 nitrogen and oxygen atoms in total. The number of carbonyl (C=O) groups excluding carboxylic acids is 1. The van der Waals surface area contributed by atoms with Gasteiger partial charge in [0.25, 0.3) is 5.91 Å². The maximum absolute atomic E-state index is 12.2. The first-order valence-electron chi connectivity index (χ1n) is 9.04. The number of ether oxygens (including phenoxy) is 1. The summed E-state index contributed by atoms with van der Waals surface area (Å²) < 4.78 is 5.14. The van der Waals surface area contributed by atoms with Crippen LogP contribution in [0.25, 0.3) is 0 Å². The molecule has 0 atom stereocenters. The number of guanidine groups is 1. The first-order valence-corrected chi connectivity index (χ1v) is 9.85. The molecule has 28 heavy (non-hydrogen) atoms. The highest BCUT2D eigenvalue weighted by Crippen LogP contribution is 2.14. The quantitative estimate of drug-likeness (QED) is 0.206. The van der Waals surface area contributed by atoms with Gasteiger partial charge in [0.2, 0.25) is 0 Å². The molecule has 1 amide bonds. The van der Waals surface area contributed by atoms with Gasteiger partial charge in [-0.3, -0.25) is 4.79 Å². The summed E-state index contributed by atoms with van der Waals surface area (Å²) >= 11 is 1.68. The van der Waals surface area contributed by atoms with Crippen molar-refractivity contribution < 1.29 is 9.53 Å². The van der Waals surface area contributed by atoms with Crippen LogP contribution in [0.4, 0.5) is 0 Å². The Morgan fingerprint density at radius 3 is 2.68 bits per heavy atom. The first kappa shape index (κ1) is 24.2. The van der Waals surface area contributed by atoms with Crippen LogP contribution in [0.15, 0.2) is 35.5 Å². The summed E-state index contributed by atoms with van der Waals surface area (Å²) in [6, 6.07) is 7.08. The van der Waals surface area contributed by atoms with E-state index in [1.54, 1.807) is 36.6 Å². The van der Waals surface area contributed by atoms with Crippen LogP contribution in [0.5, 0.6) is 5.75 Å². The fraction of sp³-hybridized carbons (Fsp3) is 0.421. The summed E-state index contributed by atoms with van der Waals surface area (Å²) in [6.07, 6.45) is 2.90. The lowest BCUT2D eigenvalue weighted by atomic mass is 10.2. The van der Waals surface area contributed by atoms with Crippen LogP contribution < -0.4 is 20.7 Å². The number of aromatic nitrogens is 1. The van der Waals surface area contributed by atoms with Gasteiger partial charge < -0.3 is 20.7 Å². The number of rotatable bonds is 9. The molecule has 2 aromatic rings. The smallest absolute Gasteiger partial charge is 0.251 e. The van der Waals surface area contributed by atoms with E-state index in [2.05, 4.69) is 32.9 Å². The molecule has 0 saturated heterocycles. The molecule has 1 aromatic heterocycles. The SMILES string of the molecule is CCNC(=NCc1ncc(CC)s1)NCCNC(=O)c1cccc(OC)c1.I. The van der Waals surface area contributed by atoms with Gasteiger partial charge in [0.15, 0.2) is 5.96 Å². The summed E-state index contributed by atoms with van der Waals surface area (Å²) in [7, 11) is 1.58. The predicted molar refractivity (Wildman–Crippen MR) is 125 cm³/mol. The van der Waals surface area contributed by atoms with E-state index < -0.39 is 0 Å². The monoisotopic (exact) mass is 517 g/mol. The number of carbonyl (C=O) groups is 1. The maximum atomic E-state index is 12.2. The van der Waals surface area contributed by atoms with Crippen molar-refractivity contribution in [2.45, 2.75) is 26.8 Å². The average Bonchev–Trinajstić information content (AvgIpc) is 3.17. The number of halogens is 1. The van der Waals surface area contributed by atoms with Crippen LogP contribution in [0.1, 0.15) is 34.1 Å². The van der Waals surface area contributed by atoms with Crippen molar-refractivity contribution in [3.63, 3.8) is 0 Å². The summed E-state index contributed by atoms with van der Waals surface area (Å²) in [4.78, 5) is 22.4. The molecule has 2 rings (SSSR count). The van der Waals surface area contributed by atoms with E-state index in [1.165, 1.54) is 4.88 Å². The van der Waals surface area contributed by atoms with Gasteiger partial charge >= 0.3 is 0 Å². The second-order valence-corrected chi connectivity index (χ2v) is 6.88. The van der Waals surface area contributed by atoms with Crippen LogP contribution in [-0.4, -0.2) is 43.6 Å². The minimum Gasteiger partial charge on any atom is -0.497 e. The number of methoxy groups -OCH3 is 1.